The van der Waals surface area contributed by atoms with Gasteiger partial charge in [-0.2, -0.15) is 0 Å². The third-order valence-electron chi connectivity index (χ3n) is 2.50. The zero-order chi connectivity index (χ0) is 14.4. The highest BCUT2D eigenvalue weighted by molar-refractivity contribution is 9.10. The van der Waals surface area contributed by atoms with Crippen LogP contribution in [-0.4, -0.2) is 11.1 Å². The summed E-state index contributed by atoms with van der Waals surface area (Å²) in [5.74, 6) is 0. The van der Waals surface area contributed by atoms with Gasteiger partial charge in [-0.3, -0.25) is 10.1 Å². The van der Waals surface area contributed by atoms with Crippen molar-refractivity contribution in [1.29, 1.82) is 0 Å². The highest BCUT2D eigenvalue weighted by atomic mass is 79.9. The number of nitro benzene ring substituents is 1. The largest absolute Gasteiger partial charge is 0.391 e. The molecular weight excluding hydrogens is 324 g/mol. The van der Waals surface area contributed by atoms with Gasteiger partial charge in [0, 0.05) is 22.2 Å². The van der Waals surface area contributed by atoms with E-state index in [1.165, 1.54) is 18.3 Å². The zero-order valence-corrected chi connectivity index (χ0v) is 12.0. The van der Waals surface area contributed by atoms with E-state index in [1.807, 2.05) is 24.3 Å². The molecule has 0 radical (unpaired) electrons. The van der Waals surface area contributed by atoms with Crippen LogP contribution < -0.4 is 0 Å². The van der Waals surface area contributed by atoms with Crippen molar-refractivity contribution < 1.29 is 9.76 Å². The maximum atomic E-state index is 10.6. The molecule has 0 aliphatic carbocycles. The predicted molar refractivity (Wildman–Crippen MR) is 79.6 cm³/mol. The van der Waals surface area contributed by atoms with Crippen LogP contribution in [0.2, 0.25) is 0 Å². The Kier molecular flexibility index (Phi) is 4.84. The number of rotatable bonds is 5. The Balaban J connectivity index is 1.91. The maximum absolute atomic E-state index is 10.6. The van der Waals surface area contributed by atoms with E-state index in [9.17, 15) is 10.1 Å². The van der Waals surface area contributed by atoms with Crippen LogP contribution in [-0.2, 0) is 11.4 Å². The van der Waals surface area contributed by atoms with E-state index in [-0.39, 0.29) is 5.69 Å². The molecule has 0 aromatic heterocycles. The molecule has 2 aromatic carbocycles. The Hall–Kier alpha value is -2.21. The summed E-state index contributed by atoms with van der Waals surface area (Å²) in [5.41, 5.74) is 1.64. The van der Waals surface area contributed by atoms with Crippen molar-refractivity contribution in [1.82, 2.24) is 0 Å². The molecule has 0 aliphatic heterocycles. The van der Waals surface area contributed by atoms with Gasteiger partial charge in [0.05, 0.1) is 11.1 Å². The maximum Gasteiger partial charge on any atom is 0.270 e. The third kappa shape index (κ3) is 4.17. The molecule has 20 heavy (non-hydrogen) atoms. The highest BCUT2D eigenvalue weighted by Gasteiger charge is 2.03. The quantitative estimate of drug-likeness (QED) is 0.473. The molecule has 0 spiro atoms. The summed E-state index contributed by atoms with van der Waals surface area (Å²) in [6.45, 7) is 0.346. The molecule has 0 fully saturated rings. The normalized spacial score (nSPS) is 10.7. The first-order chi connectivity index (χ1) is 9.65. The van der Waals surface area contributed by atoms with Crippen molar-refractivity contribution in [3.8, 4) is 0 Å². The van der Waals surface area contributed by atoms with Gasteiger partial charge in [0.25, 0.3) is 5.69 Å². The molecule has 0 bridgehead atoms. The van der Waals surface area contributed by atoms with Crippen LogP contribution in [0.1, 0.15) is 11.1 Å². The van der Waals surface area contributed by atoms with Crippen LogP contribution in [0.3, 0.4) is 0 Å². The lowest BCUT2D eigenvalue weighted by Crippen LogP contribution is -1.91. The fourth-order valence-electron chi connectivity index (χ4n) is 1.51. The highest BCUT2D eigenvalue weighted by Crippen LogP contribution is 2.12. The minimum Gasteiger partial charge on any atom is -0.391 e. The molecule has 0 saturated carbocycles. The molecule has 5 nitrogen and oxygen atoms in total. The molecule has 0 heterocycles. The van der Waals surface area contributed by atoms with Crippen molar-refractivity contribution in [3.05, 3.63) is 74.2 Å². The van der Waals surface area contributed by atoms with Crippen LogP contribution in [0.25, 0.3) is 0 Å². The SMILES string of the molecule is O=[N+]([O-])c1cccc(C=NOCc2ccc(Br)cc2)c1. The molecular formula is C14H11BrN2O3. The summed E-state index contributed by atoms with van der Waals surface area (Å²) in [7, 11) is 0. The van der Waals surface area contributed by atoms with Crippen molar-refractivity contribution in [2.75, 3.05) is 0 Å². The Labute approximate surface area is 124 Å². The second-order valence-electron chi connectivity index (χ2n) is 3.99. The summed E-state index contributed by atoms with van der Waals surface area (Å²) < 4.78 is 1.00. The number of benzene rings is 2. The molecule has 2 aromatic rings. The van der Waals surface area contributed by atoms with Gasteiger partial charge in [-0.25, -0.2) is 0 Å². The standard InChI is InChI=1S/C14H11BrN2O3/c15-13-6-4-11(5-7-13)10-20-16-9-12-2-1-3-14(8-12)17(18)19/h1-9H,10H2. The van der Waals surface area contributed by atoms with Gasteiger partial charge in [-0.05, 0) is 17.7 Å². The van der Waals surface area contributed by atoms with Gasteiger partial charge in [0.1, 0.15) is 6.61 Å². The summed E-state index contributed by atoms with van der Waals surface area (Å²) in [6, 6.07) is 13.9. The van der Waals surface area contributed by atoms with Gasteiger partial charge in [0.2, 0.25) is 0 Å². The Morgan fingerprint density at radius 1 is 1.25 bits per heavy atom. The van der Waals surface area contributed by atoms with Crippen molar-refractivity contribution in [2.24, 2.45) is 5.16 Å². The minimum atomic E-state index is -0.444. The number of halogens is 1. The van der Waals surface area contributed by atoms with Crippen LogP contribution in [0.15, 0.2) is 58.2 Å². The molecule has 0 aliphatic rings. The first kappa shape index (κ1) is 14.2. The molecule has 0 saturated heterocycles. The fraction of sp³-hybridized carbons (Fsp3) is 0.0714. The van der Waals surface area contributed by atoms with Crippen LogP contribution in [0, 0.1) is 10.1 Å². The Bertz CT molecular complexity index is 627. The summed E-state index contributed by atoms with van der Waals surface area (Å²) >= 11 is 3.35. The smallest absolute Gasteiger partial charge is 0.270 e. The summed E-state index contributed by atoms with van der Waals surface area (Å²) in [6.07, 6.45) is 1.45. The lowest BCUT2D eigenvalue weighted by Gasteiger charge is -1.99. The second kappa shape index (κ2) is 6.81. The Morgan fingerprint density at radius 2 is 2.00 bits per heavy atom. The number of nitrogens with zero attached hydrogens (tertiary/aromatic N) is 2. The molecule has 6 heteroatoms. The topological polar surface area (TPSA) is 64.7 Å². The fourth-order valence-corrected chi connectivity index (χ4v) is 1.77. The monoisotopic (exact) mass is 334 g/mol. The lowest BCUT2D eigenvalue weighted by molar-refractivity contribution is -0.384. The van der Waals surface area contributed by atoms with E-state index in [0.29, 0.717) is 12.2 Å². The number of oxime groups is 1. The average molecular weight is 335 g/mol. The average Bonchev–Trinajstić information content (AvgIpc) is 2.46. The van der Waals surface area contributed by atoms with E-state index in [0.717, 1.165) is 10.0 Å². The van der Waals surface area contributed by atoms with Gasteiger partial charge in [-0.1, -0.05) is 45.4 Å². The first-order valence-electron chi connectivity index (χ1n) is 5.79. The van der Waals surface area contributed by atoms with Gasteiger partial charge in [0.15, 0.2) is 0 Å². The zero-order valence-electron chi connectivity index (χ0n) is 10.4. The van der Waals surface area contributed by atoms with Gasteiger partial charge >= 0.3 is 0 Å². The molecule has 2 rings (SSSR count). The number of nitro groups is 1. The van der Waals surface area contributed by atoms with E-state index in [4.69, 9.17) is 4.84 Å². The van der Waals surface area contributed by atoms with Gasteiger partial charge in [-0.15, -0.1) is 0 Å². The molecule has 0 N–H and O–H groups in total. The van der Waals surface area contributed by atoms with E-state index in [1.54, 1.807) is 12.1 Å². The minimum absolute atomic E-state index is 0.0295. The van der Waals surface area contributed by atoms with Crippen LogP contribution in [0.4, 0.5) is 5.69 Å². The Morgan fingerprint density at radius 3 is 2.70 bits per heavy atom. The van der Waals surface area contributed by atoms with E-state index >= 15 is 0 Å². The number of hydrogen-bond acceptors (Lipinski definition) is 4. The predicted octanol–water partition coefficient (Wildman–Crippen LogP) is 3.91. The molecule has 0 atom stereocenters. The van der Waals surface area contributed by atoms with Crippen molar-refractivity contribution >= 4 is 27.8 Å². The molecule has 0 unspecified atom stereocenters. The van der Waals surface area contributed by atoms with E-state index < -0.39 is 4.92 Å². The van der Waals surface area contributed by atoms with Crippen LogP contribution >= 0.6 is 15.9 Å². The molecule has 0 amide bonds. The second-order valence-corrected chi connectivity index (χ2v) is 4.90. The van der Waals surface area contributed by atoms with Gasteiger partial charge < -0.3 is 4.84 Å². The van der Waals surface area contributed by atoms with Crippen molar-refractivity contribution in [3.63, 3.8) is 0 Å². The van der Waals surface area contributed by atoms with Crippen LogP contribution in [0.5, 0.6) is 0 Å². The van der Waals surface area contributed by atoms with E-state index in [2.05, 4.69) is 21.1 Å². The third-order valence-corrected chi connectivity index (χ3v) is 3.03. The molecule has 102 valence electrons. The number of non-ortho nitro benzene ring substituents is 1. The summed E-state index contributed by atoms with van der Waals surface area (Å²) in [5, 5.41) is 14.4. The summed E-state index contributed by atoms with van der Waals surface area (Å²) in [4.78, 5) is 15.3. The first-order valence-corrected chi connectivity index (χ1v) is 6.59. The lowest BCUT2D eigenvalue weighted by atomic mass is 10.2. The van der Waals surface area contributed by atoms with Crippen molar-refractivity contribution in [2.45, 2.75) is 6.61 Å². The number of hydrogen-bond donors (Lipinski definition) is 0.